The molecule has 1 aromatic heterocycles. The number of thiophene rings is 1. The first kappa shape index (κ1) is 19.9. The van der Waals surface area contributed by atoms with Gasteiger partial charge in [-0.15, -0.1) is 11.3 Å². The average molecular weight is 435 g/mol. The highest BCUT2D eigenvalue weighted by molar-refractivity contribution is 7.16. The highest BCUT2D eigenvalue weighted by Gasteiger charge is 2.37. The first-order chi connectivity index (χ1) is 12.6. The van der Waals surface area contributed by atoms with Crippen molar-refractivity contribution in [3.8, 4) is 0 Å². The third kappa shape index (κ3) is 4.05. The fraction of sp³-hybridized carbons (Fsp3) is 0.222. The Kier molecular flexibility index (Phi) is 5.38. The zero-order chi connectivity index (χ0) is 19.9. The van der Waals surface area contributed by atoms with Crippen LogP contribution in [0.5, 0.6) is 0 Å². The fourth-order valence-corrected chi connectivity index (χ4v) is 4.75. The van der Waals surface area contributed by atoms with Gasteiger partial charge in [0, 0.05) is 10.0 Å². The van der Waals surface area contributed by atoms with Crippen LogP contribution < -0.4 is 0 Å². The van der Waals surface area contributed by atoms with E-state index in [9.17, 15) is 27.9 Å². The maximum absolute atomic E-state index is 13.6. The SMILES string of the molecule is O=C(O)c1sc(C(=O)C=C(c2cc(Cl)cc(Cl)c2)C(F)(F)F)c2c1CCC2. The molecule has 1 heterocycles. The van der Waals surface area contributed by atoms with Crippen molar-refractivity contribution in [3.05, 3.63) is 60.8 Å². The second-order valence-corrected chi connectivity index (χ2v) is 7.85. The lowest BCUT2D eigenvalue weighted by Crippen LogP contribution is -2.13. The summed E-state index contributed by atoms with van der Waals surface area (Å²) in [7, 11) is 0. The number of carboxylic acid groups (broad SMARTS) is 1. The molecule has 0 aliphatic heterocycles. The Morgan fingerprint density at radius 1 is 1.04 bits per heavy atom. The summed E-state index contributed by atoms with van der Waals surface area (Å²) in [5.41, 5.74) is -0.443. The fourth-order valence-electron chi connectivity index (χ4n) is 3.08. The zero-order valence-electron chi connectivity index (χ0n) is 13.5. The van der Waals surface area contributed by atoms with Crippen molar-refractivity contribution >= 4 is 51.9 Å². The van der Waals surface area contributed by atoms with Crippen LogP contribution in [0.4, 0.5) is 13.2 Å². The van der Waals surface area contributed by atoms with Crippen molar-refractivity contribution < 1.29 is 27.9 Å². The lowest BCUT2D eigenvalue weighted by Gasteiger charge is -2.13. The standard InChI is InChI=1S/C18H11Cl2F3O3S/c19-9-4-8(5-10(20)6-9)13(18(21,22)23)7-14(24)15-11-2-1-3-12(11)16(27-15)17(25)26/h4-7H,1-3H2,(H,25,26). The molecule has 1 N–H and O–H groups in total. The number of halogens is 5. The van der Waals surface area contributed by atoms with Gasteiger partial charge in [-0.05, 0) is 60.2 Å². The van der Waals surface area contributed by atoms with Gasteiger partial charge in [-0.3, -0.25) is 4.79 Å². The molecule has 1 aliphatic carbocycles. The van der Waals surface area contributed by atoms with Crippen LogP contribution in [0.3, 0.4) is 0 Å². The summed E-state index contributed by atoms with van der Waals surface area (Å²) < 4.78 is 40.7. The van der Waals surface area contributed by atoms with Crippen LogP contribution >= 0.6 is 34.5 Å². The second-order valence-electron chi connectivity index (χ2n) is 5.95. The number of hydrogen-bond acceptors (Lipinski definition) is 3. The molecule has 142 valence electrons. The third-order valence-corrected chi connectivity index (χ3v) is 5.86. The molecule has 0 saturated carbocycles. The summed E-state index contributed by atoms with van der Waals surface area (Å²) in [6.45, 7) is 0. The van der Waals surface area contributed by atoms with Gasteiger partial charge in [-0.2, -0.15) is 13.2 Å². The number of alkyl halides is 3. The first-order valence-electron chi connectivity index (χ1n) is 7.75. The minimum Gasteiger partial charge on any atom is -0.477 e. The van der Waals surface area contributed by atoms with Crippen LogP contribution in [-0.2, 0) is 12.8 Å². The monoisotopic (exact) mass is 434 g/mol. The first-order valence-corrected chi connectivity index (χ1v) is 9.32. The van der Waals surface area contributed by atoms with Crippen molar-refractivity contribution in [1.82, 2.24) is 0 Å². The van der Waals surface area contributed by atoms with Crippen LogP contribution in [0, 0.1) is 0 Å². The smallest absolute Gasteiger partial charge is 0.417 e. The Bertz CT molecular complexity index is 957. The molecule has 0 bridgehead atoms. The van der Waals surface area contributed by atoms with Crippen molar-refractivity contribution in [3.63, 3.8) is 0 Å². The van der Waals surface area contributed by atoms with Crippen molar-refractivity contribution in [2.24, 2.45) is 0 Å². The van der Waals surface area contributed by atoms with E-state index in [1.165, 1.54) is 6.07 Å². The van der Waals surface area contributed by atoms with Gasteiger partial charge in [0.05, 0.1) is 10.5 Å². The van der Waals surface area contributed by atoms with E-state index in [0.29, 0.717) is 36.5 Å². The lowest BCUT2D eigenvalue weighted by atomic mass is 10.0. The summed E-state index contributed by atoms with van der Waals surface area (Å²) in [5, 5.41) is 9.28. The van der Waals surface area contributed by atoms with Crippen LogP contribution in [0.25, 0.3) is 5.57 Å². The Hall–Kier alpha value is -1.83. The van der Waals surface area contributed by atoms with E-state index in [2.05, 4.69) is 0 Å². The molecule has 0 unspecified atom stereocenters. The molecular weight excluding hydrogens is 424 g/mol. The van der Waals surface area contributed by atoms with E-state index in [-0.39, 0.29) is 25.4 Å². The molecule has 27 heavy (non-hydrogen) atoms. The van der Waals surface area contributed by atoms with E-state index in [4.69, 9.17) is 23.2 Å². The largest absolute Gasteiger partial charge is 0.477 e. The molecule has 0 atom stereocenters. The van der Waals surface area contributed by atoms with Crippen molar-refractivity contribution in [1.29, 1.82) is 0 Å². The molecule has 0 spiro atoms. The number of carboxylic acids is 1. The summed E-state index contributed by atoms with van der Waals surface area (Å²) in [6, 6.07) is 3.43. The van der Waals surface area contributed by atoms with Gasteiger partial charge in [0.2, 0.25) is 0 Å². The van der Waals surface area contributed by atoms with Crippen LogP contribution in [0.2, 0.25) is 10.0 Å². The number of benzene rings is 1. The number of fused-ring (bicyclic) bond motifs is 1. The minimum absolute atomic E-state index is 0.00489. The van der Waals surface area contributed by atoms with Gasteiger partial charge in [0.1, 0.15) is 4.88 Å². The number of ketones is 1. The van der Waals surface area contributed by atoms with Gasteiger partial charge in [0.25, 0.3) is 0 Å². The predicted octanol–water partition coefficient (Wildman–Crippen LogP) is 6.07. The number of hydrogen-bond donors (Lipinski definition) is 1. The molecule has 0 fully saturated rings. The second kappa shape index (κ2) is 7.30. The molecule has 1 aliphatic rings. The Morgan fingerprint density at radius 3 is 2.11 bits per heavy atom. The molecule has 1 aromatic carbocycles. The Morgan fingerprint density at radius 2 is 1.59 bits per heavy atom. The minimum atomic E-state index is -4.82. The van der Waals surface area contributed by atoms with Gasteiger partial charge >= 0.3 is 12.1 Å². The van der Waals surface area contributed by atoms with Crippen molar-refractivity contribution in [2.45, 2.75) is 25.4 Å². The third-order valence-electron chi connectivity index (χ3n) is 4.14. The van der Waals surface area contributed by atoms with E-state index in [1.54, 1.807) is 0 Å². The molecule has 0 amide bonds. The molecule has 0 saturated heterocycles. The number of aromatic carboxylic acids is 1. The number of rotatable bonds is 4. The van der Waals surface area contributed by atoms with Crippen molar-refractivity contribution in [2.75, 3.05) is 0 Å². The van der Waals surface area contributed by atoms with E-state index >= 15 is 0 Å². The molecule has 0 radical (unpaired) electrons. The molecule has 3 rings (SSSR count). The summed E-state index contributed by atoms with van der Waals surface area (Å²) >= 11 is 12.3. The Balaban J connectivity index is 2.11. The quantitative estimate of drug-likeness (QED) is 0.469. The normalized spacial score (nSPS) is 14.3. The van der Waals surface area contributed by atoms with Gasteiger partial charge in [-0.1, -0.05) is 23.2 Å². The van der Waals surface area contributed by atoms with E-state index in [1.807, 2.05) is 0 Å². The molecule has 2 aromatic rings. The number of carbonyl (C=O) groups excluding carboxylic acids is 1. The molecule has 3 nitrogen and oxygen atoms in total. The lowest BCUT2D eigenvalue weighted by molar-refractivity contribution is -0.0689. The highest BCUT2D eigenvalue weighted by Crippen LogP contribution is 2.39. The number of allylic oxidation sites excluding steroid dienone is 2. The summed E-state index contributed by atoms with van der Waals surface area (Å²) in [5.74, 6) is -2.06. The molecular formula is C18H11Cl2F3O3S. The summed E-state index contributed by atoms with van der Waals surface area (Å²) in [6.07, 6.45) is -2.70. The average Bonchev–Trinajstić information content (AvgIpc) is 3.11. The maximum Gasteiger partial charge on any atom is 0.417 e. The topological polar surface area (TPSA) is 54.4 Å². The predicted molar refractivity (Wildman–Crippen MR) is 98.1 cm³/mol. The maximum atomic E-state index is 13.6. The van der Waals surface area contributed by atoms with E-state index < -0.39 is 23.5 Å². The van der Waals surface area contributed by atoms with Crippen LogP contribution in [-0.4, -0.2) is 23.0 Å². The summed E-state index contributed by atoms with van der Waals surface area (Å²) in [4.78, 5) is 24.0. The highest BCUT2D eigenvalue weighted by atomic mass is 35.5. The van der Waals surface area contributed by atoms with Gasteiger partial charge in [0.15, 0.2) is 5.78 Å². The molecule has 9 heteroatoms. The van der Waals surface area contributed by atoms with Gasteiger partial charge in [-0.25, -0.2) is 4.79 Å². The Labute approximate surface area is 166 Å². The van der Waals surface area contributed by atoms with E-state index in [0.717, 1.165) is 23.5 Å². The van der Waals surface area contributed by atoms with Crippen LogP contribution in [0.1, 0.15) is 42.5 Å². The van der Waals surface area contributed by atoms with Crippen LogP contribution in [0.15, 0.2) is 24.3 Å². The zero-order valence-corrected chi connectivity index (χ0v) is 15.8. The van der Waals surface area contributed by atoms with Gasteiger partial charge < -0.3 is 5.11 Å². The number of carbonyl (C=O) groups is 2.